The second-order valence-electron chi connectivity index (χ2n) is 37.5. The molecule has 2 saturated heterocycles. The summed E-state index contributed by atoms with van der Waals surface area (Å²) in [6, 6.07) is 45.9. The fourth-order valence-electron chi connectivity index (χ4n) is 21.0. The average molecular weight is 1900 g/mol. The van der Waals surface area contributed by atoms with Gasteiger partial charge in [0.1, 0.15) is 53.9 Å². The summed E-state index contributed by atoms with van der Waals surface area (Å²) in [5.74, 6) is -15.3. The number of carbonyl (C=O) groups excluding carboxylic acids is 13. The minimum absolute atomic E-state index is 0.0228. The van der Waals surface area contributed by atoms with E-state index in [2.05, 4.69) is 23.8 Å². The van der Waals surface area contributed by atoms with E-state index >= 15 is 14.4 Å². The van der Waals surface area contributed by atoms with Gasteiger partial charge in [0.2, 0.25) is 6.10 Å². The molecule has 8 N–H and O–H groups in total. The Morgan fingerprint density at radius 1 is 0.486 bits per heavy atom. The Hall–Kier alpha value is -13.0. The Balaban J connectivity index is 0.000000230. The topological polar surface area (TPSA) is 486 Å². The van der Waals surface area contributed by atoms with Gasteiger partial charge in [0.25, 0.3) is 11.8 Å². The van der Waals surface area contributed by atoms with Crippen LogP contribution in [-0.2, 0) is 100 Å². The van der Waals surface area contributed by atoms with E-state index in [-0.39, 0.29) is 77.9 Å². The van der Waals surface area contributed by atoms with Crippen LogP contribution in [-0.4, -0.2) is 223 Å². The molecule has 22 atom stereocenters. The van der Waals surface area contributed by atoms with Gasteiger partial charge in [0, 0.05) is 88.2 Å². The van der Waals surface area contributed by atoms with Crippen molar-refractivity contribution >= 4 is 83.1 Å². The summed E-state index contributed by atoms with van der Waals surface area (Å²) in [5.41, 5.74) is -14.5. The maximum absolute atomic E-state index is 15.7. The predicted octanol–water partition coefficient (Wildman–Crippen LogP) is 10.4. The summed E-state index contributed by atoms with van der Waals surface area (Å²) in [4.78, 5) is 192. The Morgan fingerprint density at radius 2 is 0.877 bits per heavy atom. The number of carboxylic acid groups (broad SMARTS) is 1. The number of ketones is 2. The molecule has 6 fully saturated rings. The zero-order valence-electron chi connectivity index (χ0n) is 78.6. The van der Waals surface area contributed by atoms with Crippen molar-refractivity contribution < 1.29 is 150 Å². The molecule has 734 valence electrons. The third kappa shape index (κ3) is 20.5. The highest BCUT2D eigenvalue weighted by Crippen LogP contribution is 2.67. The zero-order valence-corrected chi connectivity index (χ0v) is 78.6. The number of carbonyl (C=O) groups is 14. The second-order valence-corrected chi connectivity index (χ2v) is 37.5. The molecule has 6 aliphatic carbocycles. The quantitative estimate of drug-likeness (QED) is 0.00936. The lowest BCUT2D eigenvalue weighted by atomic mass is 9.44. The number of aliphatic carboxylic acids is 1. The van der Waals surface area contributed by atoms with E-state index in [1.54, 1.807) is 198 Å². The normalized spacial score (nSPS) is 29.5. The summed E-state index contributed by atoms with van der Waals surface area (Å²) in [5, 5.41) is 77.0. The summed E-state index contributed by atoms with van der Waals surface area (Å²) in [6.07, 6.45) is -14.0. The number of ether oxygens (including phenoxy) is 11. The highest BCUT2D eigenvalue weighted by molar-refractivity contribution is 5.99. The number of rotatable bonds is 29. The van der Waals surface area contributed by atoms with Crippen molar-refractivity contribution in [3.05, 3.63) is 263 Å². The lowest BCUT2D eigenvalue weighted by Gasteiger charge is -2.67. The van der Waals surface area contributed by atoms with E-state index in [0.717, 1.165) is 34.1 Å². The lowest BCUT2D eigenvalue weighted by molar-refractivity contribution is -0.346. The molecule has 2 heterocycles. The maximum Gasteiger partial charge on any atom is 0.350 e. The first-order valence-electron chi connectivity index (χ1n) is 45.7. The van der Waals surface area contributed by atoms with Crippen molar-refractivity contribution in [2.24, 2.45) is 33.5 Å². The second kappa shape index (κ2) is 42.5. The molecule has 0 radical (unpaired) electrons. The van der Waals surface area contributed by atoms with E-state index in [9.17, 15) is 78.3 Å². The number of esters is 9. The van der Waals surface area contributed by atoms with Gasteiger partial charge in [-0.05, 0) is 129 Å². The standard InChI is InChI=1S/C53H59NO15.C46H49NO14.C6H10O2/c1-8-9-13-26-39(58)67-43(41(33-20-14-10-15-21-33)54-47(60)34-22-16-11-17-23-34)49(62)66-36-28-53(63)46(68-48(61)35-24-18-12-19-25-35)44-51(7,37(57)27-38-52(44,29-64-38)69-32(4)56)45(59)42(65-31(3)55)40(30(36)2)50(53,5)6;1-25(48)58-36-31-21-30(59-42(55)35(51)34(27-15-9-6-10-16-27)47-40(53)28-17-11-7-12-18-28)23-46(56,43(31,3)4)39(60-41(54)29-19-13-8-14-20-29)37-44(5,38(36)52)32(50)22-33-45(37,24-57-33)61-26(2)49;1-2-3-4-5-6(7)8/h8,10-12,14-25,36-38,41-44,46,57,63H,1,9,13,26-29H2,2-7H3,(H,54,60);6-21,30,32-37,39,50-51,56H,22-24H2,1-5H3,(H,47,53);2H,1,3-5H2,(H,7,8)/t36-,37-,38+,41-,42+,43+,44-,46-,51+,52-,53+;30-,32+,33-,34+,35-,36-,37+,39+,44-,45+,46-;/m01./s1. The number of allylic oxidation sites excluding steroid dienone is 2. The first kappa shape index (κ1) is 104. The number of fused-ring (bicyclic) bond motifs is 10. The summed E-state index contributed by atoms with van der Waals surface area (Å²) < 4.78 is 66.7. The average Bonchev–Trinajstić information content (AvgIpc) is 0.672. The van der Waals surface area contributed by atoms with Crippen molar-refractivity contribution in [1.82, 2.24) is 10.6 Å². The highest BCUT2D eigenvalue weighted by atomic mass is 16.7. The number of amides is 2. The third-order valence-corrected chi connectivity index (χ3v) is 28.3. The number of Topliss-reactive ketones (excluding diaryl/α,β-unsaturated/α-hetero) is 2. The summed E-state index contributed by atoms with van der Waals surface area (Å²) >= 11 is 0. The molecule has 0 spiro atoms. The Labute approximate surface area is 797 Å². The van der Waals surface area contributed by atoms with Crippen molar-refractivity contribution in [3.8, 4) is 0 Å². The number of hydrogen-bond acceptors (Lipinski definition) is 30. The molecule has 33 nitrogen and oxygen atoms in total. The molecule has 4 bridgehead atoms. The van der Waals surface area contributed by atoms with Crippen molar-refractivity contribution in [3.63, 3.8) is 0 Å². The molecule has 138 heavy (non-hydrogen) atoms. The van der Waals surface area contributed by atoms with Crippen LogP contribution in [0.2, 0.25) is 0 Å². The van der Waals surface area contributed by atoms with Gasteiger partial charge >= 0.3 is 59.7 Å². The largest absolute Gasteiger partial charge is 0.481 e. The van der Waals surface area contributed by atoms with Crippen LogP contribution >= 0.6 is 0 Å². The van der Waals surface area contributed by atoms with Crippen LogP contribution < -0.4 is 10.6 Å². The number of nitrogens with one attached hydrogen (secondary N) is 2. The smallest absolute Gasteiger partial charge is 0.350 e. The number of benzene rings is 6. The number of unbranched alkanes of at least 4 members (excludes halogenated alkanes) is 2. The number of aliphatic hydroxyl groups is 5. The van der Waals surface area contributed by atoms with Crippen LogP contribution in [0.25, 0.3) is 0 Å². The van der Waals surface area contributed by atoms with Crippen LogP contribution in [0.4, 0.5) is 0 Å². The van der Waals surface area contributed by atoms with Crippen LogP contribution in [0.15, 0.2) is 230 Å². The van der Waals surface area contributed by atoms with Gasteiger partial charge < -0.3 is 93.4 Å². The van der Waals surface area contributed by atoms with E-state index in [4.69, 9.17) is 57.2 Å². The Kier molecular flexibility index (Phi) is 32.0. The Morgan fingerprint density at radius 3 is 1.28 bits per heavy atom. The number of aliphatic hydroxyl groups excluding tert-OH is 3. The summed E-state index contributed by atoms with van der Waals surface area (Å²) in [6.45, 7) is 21.5. The molecule has 2 amide bonds. The third-order valence-electron chi connectivity index (χ3n) is 28.3. The zero-order chi connectivity index (χ0) is 101. The summed E-state index contributed by atoms with van der Waals surface area (Å²) in [7, 11) is 0. The highest BCUT2D eigenvalue weighted by Gasteiger charge is 2.81. The number of carboxylic acids is 1. The van der Waals surface area contributed by atoms with Crippen LogP contribution in [0, 0.1) is 33.5 Å². The SMILES string of the molecule is C=CCCCC(=O)O.C=CCCCC(=O)O[C@@H](C(=O)O[C@H]1C[C@@]2(O)[C@@H](OC(=O)c3ccccc3)[C@@H]3[C@]4(OC(C)=O)CO[C@@H]4C[C@H](O)[C@@]3(C)C(=O)[C@H](OC(C)=O)C(=C1C)C2(C)C)[C@@H](NC(=O)c1ccccc1)c1ccccc1.CC(=O)O[C@H]1C(=O)[C@@]2(C)[C@H]([C@H](OC(=O)c3ccccc3)[C@]3(O)C[C@H](OC(=O)[C@H](O)[C@@H](NC(=O)c4ccccc4)c4ccccc4)C=C1C3(C)C)[C@]1(OC(C)=O)CO[C@@H]1C[C@@H]2O. The van der Waals surface area contributed by atoms with Crippen LogP contribution in [0.5, 0.6) is 0 Å². The Bertz CT molecular complexity index is 5630. The van der Waals surface area contributed by atoms with Crippen LogP contribution in [0.1, 0.15) is 205 Å². The van der Waals surface area contributed by atoms with E-state index in [1.807, 2.05) is 0 Å². The predicted molar refractivity (Wildman–Crippen MR) is 490 cm³/mol. The molecule has 2 aliphatic heterocycles. The fraction of sp³-hybridized carbons (Fsp3) is 0.448. The van der Waals surface area contributed by atoms with Crippen molar-refractivity contribution in [2.45, 2.75) is 248 Å². The van der Waals surface area contributed by atoms with E-state index in [1.165, 1.54) is 51.1 Å². The molecule has 14 rings (SSSR count). The van der Waals surface area contributed by atoms with Crippen molar-refractivity contribution in [2.75, 3.05) is 13.2 Å². The van der Waals surface area contributed by atoms with Gasteiger partial charge in [-0.3, -0.25) is 47.9 Å². The molecular formula is C105H118N2O31. The fourth-order valence-corrected chi connectivity index (χ4v) is 21.0. The monoisotopic (exact) mass is 1900 g/mol. The molecule has 0 unspecified atom stereocenters. The van der Waals surface area contributed by atoms with Gasteiger partial charge in [-0.2, -0.15) is 0 Å². The lowest BCUT2D eigenvalue weighted by Crippen LogP contribution is -2.82. The molecule has 4 saturated carbocycles. The first-order valence-corrected chi connectivity index (χ1v) is 45.7. The van der Waals surface area contributed by atoms with Gasteiger partial charge in [0.05, 0.1) is 65.3 Å². The molecular weight excluding hydrogens is 1790 g/mol. The van der Waals surface area contributed by atoms with Gasteiger partial charge in [-0.15, -0.1) is 13.2 Å². The minimum Gasteiger partial charge on any atom is -0.481 e. The number of hydrogen-bond donors (Lipinski definition) is 8. The minimum atomic E-state index is -2.44. The maximum atomic E-state index is 15.7. The van der Waals surface area contributed by atoms with E-state index < -0.39 is 237 Å². The molecule has 8 aliphatic rings. The van der Waals surface area contributed by atoms with Gasteiger partial charge in [-0.1, -0.05) is 173 Å². The molecule has 0 aromatic heterocycles. The van der Waals surface area contributed by atoms with Gasteiger partial charge in [-0.25, -0.2) is 19.2 Å². The van der Waals surface area contributed by atoms with Crippen molar-refractivity contribution in [1.29, 1.82) is 0 Å². The van der Waals surface area contributed by atoms with E-state index in [0.29, 0.717) is 30.4 Å². The first-order chi connectivity index (χ1) is 65.3. The molecule has 6 aromatic rings. The molecule has 6 aromatic carbocycles. The van der Waals surface area contributed by atoms with Gasteiger partial charge in [0.15, 0.2) is 41.1 Å². The molecule has 33 heteroatoms. The van der Waals surface area contributed by atoms with Crippen LogP contribution in [0.3, 0.4) is 0 Å².